The Morgan fingerprint density at radius 3 is 2.05 bits per heavy atom. The molecule has 112 valence electrons. The second kappa shape index (κ2) is 6.58. The summed E-state index contributed by atoms with van der Waals surface area (Å²) in [5, 5.41) is 3.84. The Balaban J connectivity index is 1.63. The summed E-state index contributed by atoms with van der Waals surface area (Å²) in [4.78, 5) is 2.45. The molecule has 0 spiro atoms. The van der Waals surface area contributed by atoms with Gasteiger partial charge in [0.25, 0.3) is 0 Å². The van der Waals surface area contributed by atoms with E-state index in [1.165, 1.54) is 58.2 Å². The number of hydrogen-bond donors (Lipinski definition) is 1. The molecular weight excluding hydrogens is 232 g/mol. The van der Waals surface area contributed by atoms with Gasteiger partial charge in [0, 0.05) is 6.04 Å². The first-order chi connectivity index (χ1) is 8.95. The highest BCUT2D eigenvalue weighted by Gasteiger charge is 2.29. The minimum Gasteiger partial charge on any atom is -0.314 e. The maximum Gasteiger partial charge on any atom is 0.00915 e. The molecule has 0 aromatic carbocycles. The molecule has 1 aliphatic carbocycles. The summed E-state index contributed by atoms with van der Waals surface area (Å²) in [6.45, 7) is 11.0. The van der Waals surface area contributed by atoms with Gasteiger partial charge in [0.2, 0.25) is 0 Å². The van der Waals surface area contributed by atoms with Gasteiger partial charge in [-0.05, 0) is 82.5 Å². The van der Waals surface area contributed by atoms with Crippen LogP contribution in [0.4, 0.5) is 0 Å². The Morgan fingerprint density at radius 2 is 1.53 bits per heavy atom. The van der Waals surface area contributed by atoms with Crippen LogP contribution in [0.3, 0.4) is 0 Å². The fourth-order valence-electron chi connectivity index (χ4n) is 3.78. The van der Waals surface area contributed by atoms with Crippen molar-refractivity contribution in [1.82, 2.24) is 10.2 Å². The van der Waals surface area contributed by atoms with Crippen molar-refractivity contribution in [1.29, 1.82) is 0 Å². The van der Waals surface area contributed by atoms with E-state index in [0.29, 0.717) is 5.41 Å². The molecule has 1 saturated heterocycles. The molecule has 2 fully saturated rings. The molecular formula is C17H34N2. The smallest absolute Gasteiger partial charge is 0.00915 e. The van der Waals surface area contributed by atoms with E-state index < -0.39 is 0 Å². The maximum atomic E-state index is 3.84. The third-order valence-electron chi connectivity index (χ3n) is 5.49. The summed E-state index contributed by atoms with van der Waals surface area (Å²) in [6, 6.07) is 0.788. The Hall–Kier alpha value is -0.0800. The number of piperidine rings is 1. The van der Waals surface area contributed by atoms with E-state index in [-0.39, 0.29) is 0 Å². The zero-order valence-corrected chi connectivity index (χ0v) is 13.5. The summed E-state index contributed by atoms with van der Waals surface area (Å²) in [6.07, 6.45) is 8.47. The fraction of sp³-hybridized carbons (Fsp3) is 1.00. The molecule has 0 amide bonds. The molecule has 0 aromatic rings. The Morgan fingerprint density at radius 1 is 0.947 bits per heavy atom. The van der Waals surface area contributed by atoms with Crippen LogP contribution in [0.5, 0.6) is 0 Å². The van der Waals surface area contributed by atoms with Gasteiger partial charge in [0.15, 0.2) is 0 Å². The van der Waals surface area contributed by atoms with E-state index in [4.69, 9.17) is 0 Å². The summed E-state index contributed by atoms with van der Waals surface area (Å²) >= 11 is 0. The van der Waals surface area contributed by atoms with Gasteiger partial charge in [-0.25, -0.2) is 0 Å². The van der Waals surface area contributed by atoms with Gasteiger partial charge in [0.1, 0.15) is 0 Å². The molecule has 1 heterocycles. The van der Waals surface area contributed by atoms with E-state index in [2.05, 4.69) is 38.0 Å². The zero-order chi connectivity index (χ0) is 13.9. The van der Waals surface area contributed by atoms with Crippen LogP contribution in [0, 0.1) is 17.3 Å². The normalized spacial score (nSPS) is 31.6. The highest BCUT2D eigenvalue weighted by atomic mass is 15.1. The third kappa shape index (κ3) is 4.75. The summed E-state index contributed by atoms with van der Waals surface area (Å²) in [5.74, 6) is 1.89. The second-order valence-corrected chi connectivity index (χ2v) is 8.07. The molecule has 2 aliphatic rings. The predicted molar refractivity (Wildman–Crippen MR) is 83.4 cm³/mol. The lowest BCUT2D eigenvalue weighted by Gasteiger charge is -2.38. The first kappa shape index (κ1) is 15.3. The number of nitrogens with zero attached hydrogens (tertiary/aromatic N) is 1. The second-order valence-electron chi connectivity index (χ2n) is 8.07. The van der Waals surface area contributed by atoms with Crippen molar-refractivity contribution in [2.24, 2.45) is 17.3 Å². The molecule has 0 bridgehead atoms. The van der Waals surface area contributed by atoms with Gasteiger partial charge in [0.05, 0.1) is 0 Å². The van der Waals surface area contributed by atoms with Gasteiger partial charge in [-0.3, -0.25) is 0 Å². The minimum atomic E-state index is 0.520. The van der Waals surface area contributed by atoms with Gasteiger partial charge in [-0.15, -0.1) is 0 Å². The number of rotatable bonds is 3. The van der Waals surface area contributed by atoms with Crippen molar-refractivity contribution in [3.8, 4) is 0 Å². The van der Waals surface area contributed by atoms with Gasteiger partial charge < -0.3 is 10.2 Å². The lowest BCUT2D eigenvalue weighted by molar-refractivity contribution is 0.144. The van der Waals surface area contributed by atoms with Crippen LogP contribution in [-0.4, -0.2) is 37.6 Å². The highest BCUT2D eigenvalue weighted by Crippen LogP contribution is 2.39. The maximum absolute atomic E-state index is 3.84. The molecule has 0 atom stereocenters. The molecule has 2 rings (SSSR count). The highest BCUT2D eigenvalue weighted by molar-refractivity contribution is 4.83. The van der Waals surface area contributed by atoms with Crippen LogP contribution >= 0.6 is 0 Å². The van der Waals surface area contributed by atoms with Crippen molar-refractivity contribution >= 4 is 0 Å². The number of hydrogen-bond acceptors (Lipinski definition) is 2. The molecule has 2 nitrogen and oxygen atoms in total. The Labute approximate surface area is 120 Å². The van der Waals surface area contributed by atoms with Crippen LogP contribution in [-0.2, 0) is 0 Å². The monoisotopic (exact) mass is 266 g/mol. The average molecular weight is 266 g/mol. The van der Waals surface area contributed by atoms with E-state index in [9.17, 15) is 0 Å². The van der Waals surface area contributed by atoms with Gasteiger partial charge >= 0.3 is 0 Å². The predicted octanol–water partition coefficient (Wildman–Crippen LogP) is 3.52. The first-order valence-corrected chi connectivity index (χ1v) is 8.37. The van der Waals surface area contributed by atoms with Crippen LogP contribution in [0.2, 0.25) is 0 Å². The van der Waals surface area contributed by atoms with Crippen molar-refractivity contribution in [3.63, 3.8) is 0 Å². The quantitative estimate of drug-likeness (QED) is 0.841. The lowest BCUT2D eigenvalue weighted by atomic mass is 9.70. The van der Waals surface area contributed by atoms with Crippen molar-refractivity contribution in [3.05, 3.63) is 0 Å². The van der Waals surface area contributed by atoms with Crippen LogP contribution < -0.4 is 5.32 Å². The van der Waals surface area contributed by atoms with Crippen LogP contribution in [0.25, 0.3) is 0 Å². The summed E-state index contributed by atoms with van der Waals surface area (Å²) < 4.78 is 0. The molecule has 0 aromatic heterocycles. The average Bonchev–Trinajstić information content (AvgIpc) is 2.37. The van der Waals surface area contributed by atoms with Gasteiger partial charge in [-0.1, -0.05) is 20.8 Å². The Bertz CT molecular complexity index is 253. The number of nitrogens with one attached hydrogen (secondary N) is 1. The SMILES string of the molecule is CN1CCC(NCC2CCC(C(C)(C)C)CC2)CC1. The van der Waals surface area contributed by atoms with E-state index in [1.54, 1.807) is 0 Å². The molecule has 1 N–H and O–H groups in total. The standard InChI is InChI=1S/C17H34N2/c1-17(2,3)15-7-5-14(6-8-15)13-18-16-9-11-19(4)12-10-16/h14-16,18H,5-13H2,1-4H3. The first-order valence-electron chi connectivity index (χ1n) is 8.37. The van der Waals surface area contributed by atoms with Crippen LogP contribution in [0.1, 0.15) is 59.3 Å². The van der Waals surface area contributed by atoms with Gasteiger partial charge in [-0.2, -0.15) is 0 Å². The molecule has 1 aliphatic heterocycles. The van der Waals surface area contributed by atoms with E-state index in [0.717, 1.165) is 17.9 Å². The fourth-order valence-corrected chi connectivity index (χ4v) is 3.78. The number of likely N-dealkylation sites (tertiary alicyclic amines) is 1. The topological polar surface area (TPSA) is 15.3 Å². The summed E-state index contributed by atoms with van der Waals surface area (Å²) in [5.41, 5.74) is 0.520. The third-order valence-corrected chi connectivity index (χ3v) is 5.49. The minimum absolute atomic E-state index is 0.520. The largest absolute Gasteiger partial charge is 0.314 e. The van der Waals surface area contributed by atoms with E-state index >= 15 is 0 Å². The lowest BCUT2D eigenvalue weighted by Crippen LogP contribution is -2.43. The zero-order valence-electron chi connectivity index (χ0n) is 13.5. The Kier molecular flexibility index (Phi) is 5.30. The van der Waals surface area contributed by atoms with Crippen molar-refractivity contribution in [2.75, 3.05) is 26.7 Å². The molecule has 0 radical (unpaired) electrons. The molecule has 19 heavy (non-hydrogen) atoms. The van der Waals surface area contributed by atoms with Crippen molar-refractivity contribution < 1.29 is 0 Å². The summed E-state index contributed by atoms with van der Waals surface area (Å²) in [7, 11) is 2.24. The molecule has 0 unspecified atom stereocenters. The van der Waals surface area contributed by atoms with Crippen molar-refractivity contribution in [2.45, 2.75) is 65.3 Å². The van der Waals surface area contributed by atoms with Crippen LogP contribution in [0.15, 0.2) is 0 Å². The van der Waals surface area contributed by atoms with E-state index in [1.807, 2.05) is 0 Å². The molecule has 2 heteroatoms. The molecule has 1 saturated carbocycles.